The average molecular weight is 429 g/mol. The highest BCUT2D eigenvalue weighted by atomic mass is 15.2. The fraction of sp³-hybridized carbons (Fsp3) is 0.464. The number of aryl methyl sites for hydroxylation is 3. The van der Waals surface area contributed by atoms with Crippen molar-refractivity contribution in [1.29, 1.82) is 0 Å². The molecule has 0 bridgehead atoms. The van der Waals surface area contributed by atoms with Crippen molar-refractivity contribution in [1.82, 2.24) is 15.0 Å². The van der Waals surface area contributed by atoms with E-state index in [1.165, 1.54) is 51.9 Å². The molecule has 1 aliphatic carbocycles. The average Bonchev–Trinajstić information content (AvgIpc) is 2.81. The topological polar surface area (TPSA) is 41.9 Å². The second-order valence-corrected chi connectivity index (χ2v) is 9.33. The van der Waals surface area contributed by atoms with Crippen molar-refractivity contribution >= 4 is 5.82 Å². The summed E-state index contributed by atoms with van der Waals surface area (Å²) in [5.41, 5.74) is 10.0. The van der Waals surface area contributed by atoms with Crippen LogP contribution >= 0.6 is 0 Å². The van der Waals surface area contributed by atoms with Gasteiger partial charge in [0.1, 0.15) is 12.1 Å². The van der Waals surface area contributed by atoms with Gasteiger partial charge >= 0.3 is 0 Å². The maximum Gasteiger partial charge on any atom is 0.135 e. The first-order valence-electron chi connectivity index (χ1n) is 12.1. The van der Waals surface area contributed by atoms with E-state index < -0.39 is 0 Å². The van der Waals surface area contributed by atoms with Crippen molar-refractivity contribution in [3.8, 4) is 11.1 Å². The maximum absolute atomic E-state index is 4.79. The van der Waals surface area contributed by atoms with Gasteiger partial charge in [-0.3, -0.25) is 4.98 Å². The van der Waals surface area contributed by atoms with E-state index in [4.69, 9.17) is 4.98 Å². The van der Waals surface area contributed by atoms with E-state index >= 15 is 0 Å². The molecular formula is C28H36N4. The number of hydrogen-bond acceptors (Lipinski definition) is 4. The predicted molar refractivity (Wildman–Crippen MR) is 133 cm³/mol. The number of benzene rings is 1. The van der Waals surface area contributed by atoms with Gasteiger partial charge < -0.3 is 4.90 Å². The summed E-state index contributed by atoms with van der Waals surface area (Å²) in [5.74, 6) is 1.90. The molecule has 1 aromatic carbocycles. The minimum absolute atomic E-state index is 0.760. The highest BCUT2D eigenvalue weighted by Gasteiger charge is 2.24. The Labute approximate surface area is 193 Å². The van der Waals surface area contributed by atoms with Gasteiger partial charge in [-0.05, 0) is 86.8 Å². The van der Waals surface area contributed by atoms with E-state index in [9.17, 15) is 0 Å². The zero-order valence-corrected chi connectivity index (χ0v) is 20.3. The fourth-order valence-corrected chi connectivity index (χ4v) is 4.77. The van der Waals surface area contributed by atoms with E-state index in [0.29, 0.717) is 0 Å². The summed E-state index contributed by atoms with van der Waals surface area (Å²) in [7, 11) is 0. The van der Waals surface area contributed by atoms with Crippen LogP contribution in [0.3, 0.4) is 0 Å². The first-order valence-corrected chi connectivity index (χ1v) is 12.1. The molecule has 4 nitrogen and oxygen atoms in total. The minimum Gasteiger partial charge on any atom is -0.352 e. The molecule has 0 spiro atoms. The molecule has 0 N–H and O–H groups in total. The van der Waals surface area contributed by atoms with Gasteiger partial charge in [-0.15, -0.1) is 0 Å². The quantitative estimate of drug-likeness (QED) is 0.437. The summed E-state index contributed by atoms with van der Waals surface area (Å²) < 4.78 is 0. The van der Waals surface area contributed by atoms with Crippen molar-refractivity contribution in [3.63, 3.8) is 0 Å². The predicted octanol–water partition coefficient (Wildman–Crippen LogP) is 6.40. The van der Waals surface area contributed by atoms with Gasteiger partial charge in [-0.1, -0.05) is 32.4 Å². The number of rotatable bonds is 7. The summed E-state index contributed by atoms with van der Waals surface area (Å²) in [6.45, 7) is 12.8. The van der Waals surface area contributed by atoms with Crippen LogP contribution in [0, 0.1) is 26.7 Å². The van der Waals surface area contributed by atoms with Gasteiger partial charge in [0, 0.05) is 41.8 Å². The summed E-state index contributed by atoms with van der Waals surface area (Å²) in [6.07, 6.45) is 9.53. The molecule has 0 aliphatic heterocycles. The van der Waals surface area contributed by atoms with E-state index in [2.05, 4.69) is 73.8 Å². The monoisotopic (exact) mass is 428 g/mol. The Bertz CT molecular complexity index is 1090. The lowest BCUT2D eigenvalue weighted by Crippen LogP contribution is -2.28. The van der Waals surface area contributed by atoms with Gasteiger partial charge in [-0.25, -0.2) is 9.97 Å². The number of aromatic nitrogens is 3. The Morgan fingerprint density at radius 3 is 2.56 bits per heavy atom. The molecule has 1 aliphatic rings. The third kappa shape index (κ3) is 4.69. The molecule has 2 aromatic heterocycles. The van der Waals surface area contributed by atoms with Gasteiger partial charge in [0.25, 0.3) is 0 Å². The Morgan fingerprint density at radius 1 is 0.969 bits per heavy atom. The molecule has 0 saturated carbocycles. The van der Waals surface area contributed by atoms with E-state index in [-0.39, 0.29) is 0 Å². The van der Waals surface area contributed by atoms with Crippen molar-refractivity contribution in [3.05, 3.63) is 70.4 Å². The Kier molecular flexibility index (Phi) is 6.88. The summed E-state index contributed by atoms with van der Waals surface area (Å²) >= 11 is 0. The maximum atomic E-state index is 4.79. The molecule has 2 heterocycles. The summed E-state index contributed by atoms with van der Waals surface area (Å²) in [6, 6.07) is 9.04. The highest BCUT2D eigenvalue weighted by Crippen LogP contribution is 2.33. The molecule has 168 valence electrons. The highest BCUT2D eigenvalue weighted by molar-refractivity contribution is 5.65. The molecule has 32 heavy (non-hydrogen) atoms. The minimum atomic E-state index is 0.760. The number of nitrogens with zero attached hydrogens (tertiary/aromatic N) is 4. The van der Waals surface area contributed by atoms with Crippen LogP contribution in [-0.2, 0) is 19.4 Å². The van der Waals surface area contributed by atoms with Crippen molar-refractivity contribution < 1.29 is 0 Å². The van der Waals surface area contributed by atoms with Gasteiger partial charge in [0.05, 0.1) is 0 Å². The summed E-state index contributed by atoms with van der Waals surface area (Å²) in [4.78, 5) is 16.5. The van der Waals surface area contributed by atoms with Crippen molar-refractivity contribution in [2.75, 3.05) is 11.4 Å². The van der Waals surface area contributed by atoms with Crippen LogP contribution in [0.4, 0.5) is 5.82 Å². The lowest BCUT2D eigenvalue weighted by atomic mass is 9.85. The first kappa shape index (κ1) is 22.4. The zero-order valence-electron chi connectivity index (χ0n) is 20.3. The van der Waals surface area contributed by atoms with E-state index in [0.717, 1.165) is 49.8 Å². The van der Waals surface area contributed by atoms with Crippen LogP contribution < -0.4 is 4.90 Å². The van der Waals surface area contributed by atoms with Crippen LogP contribution in [0.1, 0.15) is 66.8 Å². The van der Waals surface area contributed by atoms with Crippen LogP contribution in [0.2, 0.25) is 0 Å². The van der Waals surface area contributed by atoms with Gasteiger partial charge in [0.2, 0.25) is 0 Å². The molecule has 3 aromatic rings. The molecule has 1 atom stereocenters. The number of fused-ring (bicyclic) bond motifs is 1. The second kappa shape index (κ2) is 9.81. The normalized spacial score (nSPS) is 15.5. The molecular weight excluding hydrogens is 392 g/mol. The standard InChI is InChI=1S/C28H36N4/c1-6-12-32(28-26-11-9-22(7-2)14-27(26)30-18-31-28)17-25-15-23(10-8-19(25)3)24-13-20(4)21(5)29-16-24/h8,10,13,15-16,18,22H,6-7,9,11-12,14,17H2,1-5H3. The third-order valence-electron chi connectivity index (χ3n) is 7.05. The molecule has 0 amide bonds. The largest absolute Gasteiger partial charge is 0.352 e. The SMILES string of the molecule is CCCN(Cc1cc(-c2cnc(C)c(C)c2)ccc1C)c1ncnc2c1CCC(CC)C2. The van der Waals surface area contributed by atoms with Crippen LogP contribution in [0.5, 0.6) is 0 Å². The Hall–Kier alpha value is -2.75. The molecule has 1 unspecified atom stereocenters. The summed E-state index contributed by atoms with van der Waals surface area (Å²) in [5, 5.41) is 0. The van der Waals surface area contributed by atoms with Crippen molar-refractivity contribution in [2.24, 2.45) is 5.92 Å². The second-order valence-electron chi connectivity index (χ2n) is 9.33. The molecule has 0 radical (unpaired) electrons. The smallest absolute Gasteiger partial charge is 0.135 e. The molecule has 4 rings (SSSR count). The lowest BCUT2D eigenvalue weighted by Gasteiger charge is -2.30. The number of hydrogen-bond donors (Lipinski definition) is 0. The third-order valence-corrected chi connectivity index (χ3v) is 7.05. The van der Waals surface area contributed by atoms with Gasteiger partial charge in [-0.2, -0.15) is 0 Å². The first-order chi connectivity index (χ1) is 15.5. The lowest BCUT2D eigenvalue weighted by molar-refractivity contribution is 0.436. The van der Waals surface area contributed by atoms with Crippen LogP contribution in [-0.4, -0.2) is 21.5 Å². The Morgan fingerprint density at radius 2 is 1.81 bits per heavy atom. The fourth-order valence-electron chi connectivity index (χ4n) is 4.77. The molecule has 4 heteroatoms. The van der Waals surface area contributed by atoms with Gasteiger partial charge in [0.15, 0.2) is 0 Å². The number of anilines is 1. The molecule has 0 fully saturated rings. The number of pyridine rings is 1. The van der Waals surface area contributed by atoms with E-state index in [1.807, 2.05) is 6.20 Å². The zero-order chi connectivity index (χ0) is 22.7. The van der Waals surface area contributed by atoms with Crippen LogP contribution in [0.25, 0.3) is 11.1 Å². The molecule has 0 saturated heterocycles. The Balaban J connectivity index is 1.66. The van der Waals surface area contributed by atoms with Crippen molar-refractivity contribution in [2.45, 2.75) is 73.3 Å². The van der Waals surface area contributed by atoms with Crippen LogP contribution in [0.15, 0.2) is 36.8 Å². The van der Waals surface area contributed by atoms with E-state index in [1.54, 1.807) is 6.33 Å².